The van der Waals surface area contributed by atoms with Gasteiger partial charge >= 0.3 is 0 Å². The molecule has 2 aromatic heterocycles. The van der Waals surface area contributed by atoms with Crippen LogP contribution < -0.4 is 0 Å². The van der Waals surface area contributed by atoms with Crippen molar-refractivity contribution in [1.29, 1.82) is 0 Å². The highest BCUT2D eigenvalue weighted by Gasteiger charge is 2.19. The molecule has 0 radical (unpaired) electrons. The summed E-state index contributed by atoms with van der Waals surface area (Å²) in [5, 5.41) is 0. The van der Waals surface area contributed by atoms with Gasteiger partial charge in [-0.15, -0.1) is 11.3 Å². The smallest absolute Gasteiger partial charge is 0.242 e. The summed E-state index contributed by atoms with van der Waals surface area (Å²) >= 11 is 3.33. The van der Waals surface area contributed by atoms with Crippen molar-refractivity contribution >= 4 is 54.4 Å². The zero-order chi connectivity index (χ0) is 19.9. The topological polar surface area (TPSA) is 68.1 Å². The summed E-state index contributed by atoms with van der Waals surface area (Å²) in [5.41, 5.74) is 2.65. The molecule has 0 amide bonds. The molecule has 0 N–H and O–H groups in total. The first-order valence-electron chi connectivity index (χ1n) is 8.80. The van der Waals surface area contributed by atoms with Gasteiger partial charge in [-0.25, -0.2) is 22.7 Å². The van der Waals surface area contributed by atoms with Gasteiger partial charge in [0.05, 0.1) is 31.9 Å². The van der Waals surface area contributed by atoms with E-state index in [2.05, 4.69) is 22.5 Å². The number of benzene rings is 2. The maximum absolute atomic E-state index is 12.4. The van der Waals surface area contributed by atoms with Crippen LogP contribution >= 0.6 is 23.1 Å². The largest absolute Gasteiger partial charge is 0.328 e. The van der Waals surface area contributed by atoms with Crippen molar-refractivity contribution in [2.24, 2.45) is 0 Å². The Morgan fingerprint density at radius 3 is 2.61 bits per heavy atom. The van der Waals surface area contributed by atoms with Gasteiger partial charge in [-0.3, -0.25) is 0 Å². The van der Waals surface area contributed by atoms with Gasteiger partial charge in [0.15, 0.2) is 4.34 Å². The lowest BCUT2D eigenvalue weighted by atomic mass is 10.3. The van der Waals surface area contributed by atoms with Gasteiger partial charge in [-0.1, -0.05) is 23.9 Å². The van der Waals surface area contributed by atoms with Crippen molar-refractivity contribution in [2.45, 2.75) is 28.5 Å². The molecular weight excluding hydrogens is 412 g/mol. The Hall–Kier alpha value is -1.94. The number of rotatable bonds is 6. The van der Waals surface area contributed by atoms with E-state index in [9.17, 15) is 8.42 Å². The molecule has 0 saturated heterocycles. The summed E-state index contributed by atoms with van der Waals surface area (Å²) in [6, 6.07) is 13.2. The third kappa shape index (κ3) is 3.43. The molecule has 0 saturated carbocycles. The number of imidazole rings is 1. The lowest BCUT2D eigenvalue weighted by Gasteiger charge is -2.11. The molecule has 0 bridgehead atoms. The Morgan fingerprint density at radius 2 is 1.89 bits per heavy atom. The second-order valence-corrected chi connectivity index (χ2v) is 10.9. The van der Waals surface area contributed by atoms with Crippen molar-refractivity contribution in [3.05, 3.63) is 48.3 Å². The molecule has 9 heteroatoms. The van der Waals surface area contributed by atoms with Crippen LogP contribution in [0.2, 0.25) is 0 Å². The molecule has 146 valence electrons. The number of sulfonamides is 1. The third-order valence-electron chi connectivity index (χ3n) is 4.49. The van der Waals surface area contributed by atoms with Crippen LogP contribution in [0.15, 0.2) is 51.7 Å². The van der Waals surface area contributed by atoms with Gasteiger partial charge in [0.1, 0.15) is 5.82 Å². The number of aromatic nitrogens is 3. The number of hydrogen-bond donors (Lipinski definition) is 0. The maximum atomic E-state index is 12.4. The average molecular weight is 433 g/mol. The molecule has 0 aliphatic carbocycles. The molecule has 2 aromatic carbocycles. The fourth-order valence-corrected chi connectivity index (χ4v) is 5.97. The van der Waals surface area contributed by atoms with E-state index in [-0.39, 0.29) is 4.90 Å². The quantitative estimate of drug-likeness (QED) is 0.427. The number of para-hydroxylation sites is 1. The minimum absolute atomic E-state index is 0.260. The van der Waals surface area contributed by atoms with Crippen LogP contribution in [0.5, 0.6) is 0 Å². The van der Waals surface area contributed by atoms with Crippen LogP contribution in [-0.4, -0.2) is 41.4 Å². The Labute approximate surface area is 172 Å². The Balaban J connectivity index is 1.66. The van der Waals surface area contributed by atoms with Crippen molar-refractivity contribution < 1.29 is 8.42 Å². The molecule has 2 heterocycles. The third-order valence-corrected chi connectivity index (χ3v) is 8.48. The molecule has 6 nitrogen and oxygen atoms in total. The predicted molar refractivity (Wildman–Crippen MR) is 115 cm³/mol. The molecule has 0 aliphatic rings. The summed E-state index contributed by atoms with van der Waals surface area (Å²) < 4.78 is 30.4. The van der Waals surface area contributed by atoms with Crippen molar-refractivity contribution in [2.75, 3.05) is 14.1 Å². The molecule has 28 heavy (non-hydrogen) atoms. The SMILES string of the molecule is CCn1c(CSc2nc3ccccc3s2)nc2cc(S(=O)(=O)N(C)C)ccc21. The molecule has 4 aromatic rings. The summed E-state index contributed by atoms with van der Waals surface area (Å²) in [6.45, 7) is 2.84. The van der Waals surface area contributed by atoms with Crippen LogP contribution in [0.4, 0.5) is 0 Å². The second-order valence-electron chi connectivity index (χ2n) is 6.45. The van der Waals surface area contributed by atoms with Crippen LogP contribution in [0.3, 0.4) is 0 Å². The zero-order valence-corrected chi connectivity index (χ0v) is 18.2. The molecule has 0 spiro atoms. The maximum Gasteiger partial charge on any atom is 0.242 e. The highest BCUT2D eigenvalue weighted by Crippen LogP contribution is 2.32. The van der Waals surface area contributed by atoms with Gasteiger partial charge in [-0.05, 0) is 37.3 Å². The van der Waals surface area contributed by atoms with Crippen molar-refractivity contribution in [3.8, 4) is 0 Å². The number of thioether (sulfide) groups is 1. The summed E-state index contributed by atoms with van der Waals surface area (Å²) in [7, 11) is -0.414. The predicted octanol–water partition coefficient (Wildman–Crippen LogP) is 4.21. The normalized spacial score (nSPS) is 12.4. The molecule has 0 fully saturated rings. The van der Waals surface area contributed by atoms with E-state index in [0.717, 1.165) is 27.7 Å². The van der Waals surface area contributed by atoms with Crippen LogP contribution in [-0.2, 0) is 22.3 Å². The van der Waals surface area contributed by atoms with E-state index in [0.29, 0.717) is 11.3 Å². The summed E-state index contributed by atoms with van der Waals surface area (Å²) in [5.74, 6) is 1.60. The number of aryl methyl sites for hydroxylation is 1. The highest BCUT2D eigenvalue weighted by atomic mass is 32.2. The van der Waals surface area contributed by atoms with E-state index in [4.69, 9.17) is 4.98 Å². The van der Waals surface area contributed by atoms with E-state index in [1.165, 1.54) is 23.1 Å². The van der Waals surface area contributed by atoms with Crippen LogP contribution in [0, 0.1) is 0 Å². The van der Waals surface area contributed by atoms with Gasteiger partial charge in [-0.2, -0.15) is 0 Å². The summed E-state index contributed by atoms with van der Waals surface area (Å²) in [6.07, 6.45) is 0. The Bertz CT molecular complexity index is 1230. The number of nitrogens with zero attached hydrogens (tertiary/aromatic N) is 4. The Kier molecular flexibility index (Phi) is 5.17. The van der Waals surface area contributed by atoms with E-state index in [1.807, 2.05) is 24.3 Å². The lowest BCUT2D eigenvalue weighted by Crippen LogP contribution is -2.22. The van der Waals surface area contributed by atoms with Gasteiger partial charge in [0, 0.05) is 20.6 Å². The standard InChI is InChI=1S/C19H20N4O2S3/c1-4-23-16-10-9-13(28(24,25)22(2)3)11-15(16)20-18(23)12-26-19-21-14-7-5-6-8-17(14)27-19/h5-11H,4,12H2,1-3H3. The van der Waals surface area contributed by atoms with Crippen molar-refractivity contribution in [3.63, 3.8) is 0 Å². The fourth-order valence-electron chi connectivity index (χ4n) is 3.03. The van der Waals surface area contributed by atoms with Gasteiger partial charge in [0.25, 0.3) is 0 Å². The minimum atomic E-state index is -3.48. The monoisotopic (exact) mass is 432 g/mol. The van der Waals surface area contributed by atoms with Gasteiger partial charge < -0.3 is 4.57 Å². The second kappa shape index (κ2) is 7.47. The molecular formula is C19H20N4O2S3. The number of thiazole rings is 1. The first-order chi connectivity index (χ1) is 13.4. The van der Waals surface area contributed by atoms with Gasteiger partial charge in [0.2, 0.25) is 10.0 Å². The van der Waals surface area contributed by atoms with Crippen molar-refractivity contribution in [1.82, 2.24) is 18.8 Å². The minimum Gasteiger partial charge on any atom is -0.328 e. The van der Waals surface area contributed by atoms with Crippen LogP contribution in [0.25, 0.3) is 21.3 Å². The number of hydrogen-bond acceptors (Lipinski definition) is 6. The zero-order valence-electron chi connectivity index (χ0n) is 15.8. The lowest BCUT2D eigenvalue weighted by molar-refractivity contribution is 0.521. The highest BCUT2D eigenvalue weighted by molar-refractivity contribution is 8.00. The molecule has 0 atom stereocenters. The van der Waals surface area contributed by atoms with E-state index >= 15 is 0 Å². The molecule has 4 rings (SSSR count). The Morgan fingerprint density at radius 1 is 1.11 bits per heavy atom. The fraction of sp³-hybridized carbons (Fsp3) is 0.263. The van der Waals surface area contributed by atoms with E-state index < -0.39 is 10.0 Å². The summed E-state index contributed by atoms with van der Waals surface area (Å²) in [4.78, 5) is 9.64. The first kappa shape index (κ1) is 19.4. The van der Waals surface area contributed by atoms with E-state index in [1.54, 1.807) is 35.2 Å². The van der Waals surface area contributed by atoms with Crippen LogP contribution in [0.1, 0.15) is 12.7 Å². The first-order valence-corrected chi connectivity index (χ1v) is 12.0. The number of fused-ring (bicyclic) bond motifs is 2. The molecule has 0 aliphatic heterocycles. The molecule has 0 unspecified atom stereocenters. The average Bonchev–Trinajstić information content (AvgIpc) is 3.25.